The molecule has 3 rings (SSSR count). The van der Waals surface area contributed by atoms with Crippen LogP contribution in [0.3, 0.4) is 0 Å². The lowest BCUT2D eigenvalue weighted by Gasteiger charge is -2.32. The molecule has 1 fully saturated rings. The number of anilines is 1. The standard InChI is InChI=1S/C16H19N3OS/c1-20-15-8-11(9-17)6-7-14(15)19-16-18-13-5-3-2-4-12(13)10-21-16/h6-8,12-13H,2-5,10H2,1H3,(H,18,19). The van der Waals surface area contributed by atoms with Gasteiger partial charge >= 0.3 is 0 Å². The predicted molar refractivity (Wildman–Crippen MR) is 87.0 cm³/mol. The Morgan fingerprint density at radius 3 is 3.05 bits per heavy atom. The van der Waals surface area contributed by atoms with Crippen molar-refractivity contribution < 1.29 is 4.74 Å². The van der Waals surface area contributed by atoms with E-state index in [9.17, 15) is 0 Å². The molecule has 0 aromatic heterocycles. The van der Waals surface area contributed by atoms with E-state index in [0.717, 1.165) is 22.5 Å². The second-order valence-electron chi connectivity index (χ2n) is 5.51. The summed E-state index contributed by atoms with van der Waals surface area (Å²) in [7, 11) is 1.62. The van der Waals surface area contributed by atoms with Gasteiger partial charge in [0.15, 0.2) is 5.17 Å². The van der Waals surface area contributed by atoms with Crippen molar-refractivity contribution >= 4 is 22.6 Å². The minimum Gasteiger partial charge on any atom is -0.495 e. The molecular weight excluding hydrogens is 282 g/mol. The van der Waals surface area contributed by atoms with E-state index in [0.29, 0.717) is 17.4 Å². The largest absolute Gasteiger partial charge is 0.495 e. The summed E-state index contributed by atoms with van der Waals surface area (Å²) in [5, 5.41) is 13.3. The lowest BCUT2D eigenvalue weighted by molar-refractivity contribution is 0.336. The Balaban J connectivity index is 1.77. The molecule has 2 atom stereocenters. The monoisotopic (exact) mass is 301 g/mol. The van der Waals surface area contributed by atoms with Gasteiger partial charge in [-0.25, -0.2) is 0 Å². The van der Waals surface area contributed by atoms with E-state index in [2.05, 4.69) is 11.4 Å². The first-order valence-electron chi connectivity index (χ1n) is 7.36. The fourth-order valence-corrected chi connectivity index (χ4v) is 4.13. The molecule has 0 radical (unpaired) electrons. The maximum atomic E-state index is 8.95. The molecule has 1 N–H and O–H groups in total. The molecule has 21 heavy (non-hydrogen) atoms. The number of methoxy groups -OCH3 is 1. The van der Waals surface area contributed by atoms with Gasteiger partial charge in [-0.1, -0.05) is 24.6 Å². The third-order valence-corrected chi connectivity index (χ3v) is 5.23. The quantitative estimate of drug-likeness (QED) is 0.906. The van der Waals surface area contributed by atoms with Gasteiger partial charge in [0.1, 0.15) is 5.75 Å². The first kappa shape index (κ1) is 14.3. The zero-order chi connectivity index (χ0) is 14.7. The summed E-state index contributed by atoms with van der Waals surface area (Å²) in [6.45, 7) is 0. The van der Waals surface area contributed by atoms with Crippen LogP contribution in [0.5, 0.6) is 5.75 Å². The number of amidine groups is 1. The SMILES string of the molecule is COc1cc(C#N)ccc1NC1=NC2CCCCC2CS1. The van der Waals surface area contributed by atoms with Crippen LogP contribution in [-0.4, -0.2) is 24.1 Å². The molecule has 1 heterocycles. The average Bonchev–Trinajstić information content (AvgIpc) is 2.55. The molecule has 2 unspecified atom stereocenters. The molecule has 2 aliphatic rings. The number of nitrogens with zero attached hydrogens (tertiary/aromatic N) is 2. The predicted octanol–water partition coefficient (Wildman–Crippen LogP) is 3.64. The summed E-state index contributed by atoms with van der Waals surface area (Å²) in [4.78, 5) is 4.87. The van der Waals surface area contributed by atoms with Crippen molar-refractivity contribution in [2.45, 2.75) is 31.7 Å². The molecule has 0 saturated heterocycles. The Morgan fingerprint density at radius 1 is 1.38 bits per heavy atom. The summed E-state index contributed by atoms with van der Waals surface area (Å²) < 4.78 is 5.36. The highest BCUT2D eigenvalue weighted by molar-refractivity contribution is 8.14. The average molecular weight is 301 g/mol. The van der Waals surface area contributed by atoms with E-state index in [1.165, 1.54) is 25.7 Å². The van der Waals surface area contributed by atoms with Crippen molar-refractivity contribution in [1.29, 1.82) is 5.26 Å². The molecule has 1 aromatic carbocycles. The van der Waals surface area contributed by atoms with Gasteiger partial charge in [-0.2, -0.15) is 5.26 Å². The maximum Gasteiger partial charge on any atom is 0.161 e. The van der Waals surface area contributed by atoms with Gasteiger partial charge in [-0.15, -0.1) is 0 Å². The van der Waals surface area contributed by atoms with Gasteiger partial charge in [0, 0.05) is 11.8 Å². The molecule has 1 saturated carbocycles. The Kier molecular flexibility index (Phi) is 4.35. The van der Waals surface area contributed by atoms with Gasteiger partial charge < -0.3 is 10.1 Å². The van der Waals surface area contributed by atoms with Gasteiger partial charge in [-0.05, 0) is 30.9 Å². The van der Waals surface area contributed by atoms with E-state index in [4.69, 9.17) is 15.0 Å². The van der Waals surface area contributed by atoms with Gasteiger partial charge in [0.25, 0.3) is 0 Å². The van der Waals surface area contributed by atoms with Crippen molar-refractivity contribution in [2.24, 2.45) is 10.9 Å². The van der Waals surface area contributed by atoms with Crippen molar-refractivity contribution in [3.63, 3.8) is 0 Å². The Morgan fingerprint density at radius 2 is 2.24 bits per heavy atom. The third-order valence-electron chi connectivity index (χ3n) is 4.16. The summed E-state index contributed by atoms with van der Waals surface area (Å²) in [5.74, 6) is 2.58. The molecular formula is C16H19N3OS. The molecule has 4 nitrogen and oxygen atoms in total. The van der Waals surface area contributed by atoms with Crippen LogP contribution in [-0.2, 0) is 0 Å². The van der Waals surface area contributed by atoms with Crippen molar-refractivity contribution in [2.75, 3.05) is 18.2 Å². The molecule has 1 aliphatic heterocycles. The number of nitriles is 1. The number of fused-ring (bicyclic) bond motifs is 1. The lowest BCUT2D eigenvalue weighted by atomic mass is 9.86. The highest BCUT2D eigenvalue weighted by Gasteiger charge is 2.29. The van der Waals surface area contributed by atoms with Crippen LogP contribution in [0.15, 0.2) is 23.2 Å². The van der Waals surface area contributed by atoms with Crippen LogP contribution in [0.1, 0.15) is 31.2 Å². The number of ether oxygens (including phenoxy) is 1. The van der Waals surface area contributed by atoms with Crippen LogP contribution < -0.4 is 10.1 Å². The summed E-state index contributed by atoms with van der Waals surface area (Å²) in [6.07, 6.45) is 5.17. The Labute approximate surface area is 129 Å². The van der Waals surface area contributed by atoms with Crippen LogP contribution in [0.4, 0.5) is 5.69 Å². The molecule has 0 amide bonds. The fraction of sp³-hybridized carbons (Fsp3) is 0.500. The zero-order valence-corrected chi connectivity index (χ0v) is 12.9. The lowest BCUT2D eigenvalue weighted by Crippen LogP contribution is -2.31. The zero-order valence-electron chi connectivity index (χ0n) is 12.1. The second kappa shape index (κ2) is 6.40. The number of rotatable bonds is 2. The van der Waals surface area contributed by atoms with Crippen molar-refractivity contribution in [3.8, 4) is 11.8 Å². The highest BCUT2D eigenvalue weighted by atomic mass is 32.2. The van der Waals surface area contributed by atoms with Crippen molar-refractivity contribution in [1.82, 2.24) is 0 Å². The van der Waals surface area contributed by atoms with E-state index in [1.807, 2.05) is 6.07 Å². The van der Waals surface area contributed by atoms with E-state index >= 15 is 0 Å². The van der Waals surface area contributed by atoms with E-state index in [1.54, 1.807) is 31.0 Å². The highest BCUT2D eigenvalue weighted by Crippen LogP contribution is 2.35. The second-order valence-corrected chi connectivity index (χ2v) is 6.52. The molecule has 5 heteroatoms. The summed E-state index contributed by atoms with van der Waals surface area (Å²) >= 11 is 1.79. The normalized spacial score (nSPS) is 24.5. The molecule has 110 valence electrons. The molecule has 0 bridgehead atoms. The topological polar surface area (TPSA) is 57.4 Å². The smallest absolute Gasteiger partial charge is 0.161 e. The van der Waals surface area contributed by atoms with Crippen LogP contribution in [0.2, 0.25) is 0 Å². The number of nitrogens with one attached hydrogen (secondary N) is 1. The van der Waals surface area contributed by atoms with E-state index in [-0.39, 0.29) is 0 Å². The number of thioether (sulfide) groups is 1. The maximum absolute atomic E-state index is 8.95. The Hall–Kier alpha value is -1.67. The van der Waals surface area contributed by atoms with Crippen molar-refractivity contribution in [3.05, 3.63) is 23.8 Å². The molecule has 1 aromatic rings. The number of hydrogen-bond donors (Lipinski definition) is 1. The number of benzene rings is 1. The van der Waals surface area contributed by atoms with Crippen LogP contribution >= 0.6 is 11.8 Å². The summed E-state index contributed by atoms with van der Waals surface area (Å²) in [5.41, 5.74) is 1.47. The number of hydrogen-bond acceptors (Lipinski definition) is 5. The third kappa shape index (κ3) is 3.16. The van der Waals surface area contributed by atoms with Gasteiger partial charge in [-0.3, -0.25) is 4.99 Å². The van der Waals surface area contributed by atoms with E-state index < -0.39 is 0 Å². The van der Waals surface area contributed by atoms with Gasteiger partial charge in [0.05, 0.1) is 30.5 Å². The van der Waals surface area contributed by atoms with Crippen LogP contribution in [0, 0.1) is 17.2 Å². The first-order valence-corrected chi connectivity index (χ1v) is 8.34. The molecule has 1 aliphatic carbocycles. The summed E-state index contributed by atoms with van der Waals surface area (Å²) in [6, 6.07) is 8.03. The minimum absolute atomic E-state index is 0.479. The van der Waals surface area contributed by atoms with Crippen LogP contribution in [0.25, 0.3) is 0 Å². The number of aliphatic imine (C=N–C) groups is 1. The fourth-order valence-electron chi connectivity index (χ4n) is 2.97. The minimum atomic E-state index is 0.479. The Bertz CT molecular complexity index is 594. The van der Waals surface area contributed by atoms with Gasteiger partial charge in [0.2, 0.25) is 0 Å². The first-order chi connectivity index (χ1) is 10.3. The molecule has 0 spiro atoms.